The Morgan fingerprint density at radius 3 is 2.73 bits per heavy atom. The molecular formula is C18H13BrClF2NO2S. The summed E-state index contributed by atoms with van der Waals surface area (Å²) < 4.78 is 27.7. The zero-order valence-electron chi connectivity index (χ0n) is 13.6. The molecule has 136 valence electrons. The van der Waals surface area contributed by atoms with Gasteiger partial charge in [-0.2, -0.15) is 0 Å². The molecule has 1 aromatic heterocycles. The Labute approximate surface area is 165 Å². The molecular weight excluding hydrogens is 448 g/mol. The van der Waals surface area contributed by atoms with Crippen LogP contribution in [0.3, 0.4) is 0 Å². The van der Waals surface area contributed by atoms with Crippen molar-refractivity contribution in [3.63, 3.8) is 0 Å². The van der Waals surface area contributed by atoms with E-state index >= 15 is 0 Å². The van der Waals surface area contributed by atoms with Crippen molar-refractivity contribution in [1.29, 1.82) is 0 Å². The van der Waals surface area contributed by atoms with Gasteiger partial charge in [0.15, 0.2) is 5.78 Å². The minimum atomic E-state index is -0.675. The topological polar surface area (TPSA) is 49.9 Å². The molecule has 3 nitrogen and oxygen atoms in total. The summed E-state index contributed by atoms with van der Waals surface area (Å²) in [6.45, 7) is 1.30. The molecule has 8 heteroatoms. The summed E-state index contributed by atoms with van der Waals surface area (Å²) in [5.74, 6) is -1.60. The van der Waals surface area contributed by atoms with Crippen molar-refractivity contribution in [1.82, 2.24) is 4.98 Å². The lowest BCUT2D eigenvalue weighted by Crippen LogP contribution is -2.47. The highest BCUT2D eigenvalue weighted by molar-refractivity contribution is 9.14. The molecule has 0 bridgehead atoms. The van der Waals surface area contributed by atoms with Gasteiger partial charge in [0, 0.05) is 21.3 Å². The number of ketones is 1. The van der Waals surface area contributed by atoms with E-state index in [0.29, 0.717) is 33.5 Å². The van der Waals surface area contributed by atoms with Crippen LogP contribution in [0.5, 0.6) is 0 Å². The number of thioether (sulfide) groups is 1. The van der Waals surface area contributed by atoms with Gasteiger partial charge >= 0.3 is 0 Å². The molecule has 0 amide bonds. The van der Waals surface area contributed by atoms with E-state index in [1.807, 2.05) is 0 Å². The van der Waals surface area contributed by atoms with Gasteiger partial charge < -0.3 is 4.98 Å². The van der Waals surface area contributed by atoms with Crippen molar-refractivity contribution in [2.75, 3.05) is 0 Å². The minimum absolute atomic E-state index is 0.00313. The summed E-state index contributed by atoms with van der Waals surface area (Å²) in [6, 6.07) is 3.31. The Bertz CT molecular complexity index is 1100. The molecule has 0 spiro atoms. The van der Waals surface area contributed by atoms with E-state index in [4.69, 9.17) is 11.6 Å². The summed E-state index contributed by atoms with van der Waals surface area (Å²) >= 11 is 10.8. The monoisotopic (exact) mass is 459 g/mol. The number of hydrogen-bond acceptors (Lipinski definition) is 3. The molecule has 2 aromatic rings. The Morgan fingerprint density at radius 1 is 1.35 bits per heavy atom. The van der Waals surface area contributed by atoms with Gasteiger partial charge in [0.2, 0.25) is 5.43 Å². The van der Waals surface area contributed by atoms with Crippen LogP contribution in [0.2, 0.25) is 0 Å². The van der Waals surface area contributed by atoms with Gasteiger partial charge in [-0.25, -0.2) is 8.78 Å². The third-order valence-corrected chi connectivity index (χ3v) is 6.24. The average Bonchev–Trinajstić information content (AvgIpc) is 2.56. The zero-order chi connectivity index (χ0) is 19.0. The maximum absolute atomic E-state index is 13.9. The van der Waals surface area contributed by atoms with Crippen molar-refractivity contribution in [3.05, 3.63) is 61.8 Å². The first-order valence-corrected chi connectivity index (χ1v) is 9.86. The van der Waals surface area contributed by atoms with Crippen LogP contribution in [0.15, 0.2) is 28.0 Å². The Hall–Kier alpha value is -1.44. The van der Waals surface area contributed by atoms with Gasteiger partial charge in [-0.1, -0.05) is 33.6 Å². The van der Waals surface area contributed by atoms with E-state index in [-0.39, 0.29) is 16.9 Å². The quantitative estimate of drug-likeness (QED) is 0.558. The maximum atomic E-state index is 13.9. The van der Waals surface area contributed by atoms with Gasteiger partial charge in [0.05, 0.1) is 21.2 Å². The van der Waals surface area contributed by atoms with Crippen molar-refractivity contribution in [2.45, 2.75) is 30.5 Å². The van der Waals surface area contributed by atoms with Gasteiger partial charge in [-0.05, 0) is 31.4 Å². The van der Waals surface area contributed by atoms with Crippen molar-refractivity contribution < 1.29 is 13.6 Å². The predicted octanol–water partition coefficient (Wildman–Crippen LogP) is 3.79. The molecule has 0 unspecified atom stereocenters. The van der Waals surface area contributed by atoms with Crippen LogP contribution in [-0.2, 0) is 5.75 Å². The molecule has 1 aliphatic rings. The number of Topliss-reactive ketones (excluding diaryl/α,β-unsaturated/α-hetero) is 1. The smallest absolute Gasteiger partial charge is 0.202 e. The molecule has 26 heavy (non-hydrogen) atoms. The van der Waals surface area contributed by atoms with Gasteiger partial charge in [-0.3, -0.25) is 9.59 Å². The Balaban J connectivity index is 2.13. The molecule has 1 N–H and O–H groups in total. The average molecular weight is 461 g/mol. The van der Waals surface area contributed by atoms with Crippen LogP contribution in [0.1, 0.15) is 35.7 Å². The van der Waals surface area contributed by atoms with Gasteiger partial charge in [0.25, 0.3) is 0 Å². The summed E-state index contributed by atoms with van der Waals surface area (Å²) in [4.78, 5) is 28.0. The number of aromatic amines is 1. The lowest BCUT2D eigenvalue weighted by Gasteiger charge is -2.13. The number of pyridine rings is 1. The molecule has 1 aromatic carbocycles. The van der Waals surface area contributed by atoms with Crippen LogP contribution in [0, 0.1) is 11.6 Å². The molecule has 3 rings (SSSR count). The fourth-order valence-electron chi connectivity index (χ4n) is 2.73. The van der Waals surface area contributed by atoms with Gasteiger partial charge in [0.1, 0.15) is 11.6 Å². The first-order valence-electron chi connectivity index (χ1n) is 7.71. The van der Waals surface area contributed by atoms with Crippen molar-refractivity contribution in [2.24, 2.45) is 0 Å². The fraction of sp³-hybridized carbons (Fsp3) is 0.222. The summed E-state index contributed by atoms with van der Waals surface area (Å²) in [5, 5.41) is 1.59. The standard InChI is InChI=1S/C18H13BrClF2NO2S/c1-8(24)14-17(25)15-12(20)5-4-11(19)16(15)23-18(14)26-7-9-2-3-10(21)6-13(9)22/h2-3,6,23H,4-5,7H2,1H3. The highest BCUT2D eigenvalue weighted by Gasteiger charge is 2.20. The summed E-state index contributed by atoms with van der Waals surface area (Å²) in [7, 11) is 0. The number of hydrogen-bond donors (Lipinski definition) is 1. The van der Waals surface area contributed by atoms with Crippen molar-refractivity contribution >= 4 is 54.6 Å². The highest BCUT2D eigenvalue weighted by atomic mass is 79.9. The Morgan fingerprint density at radius 2 is 2.08 bits per heavy atom. The number of H-pyrrole nitrogens is 1. The maximum Gasteiger partial charge on any atom is 0.202 e. The van der Waals surface area contributed by atoms with Crippen LogP contribution in [0.4, 0.5) is 8.78 Å². The number of nitrogens with one attached hydrogen (secondary N) is 1. The van der Waals surface area contributed by atoms with E-state index in [1.54, 1.807) is 0 Å². The number of halogens is 4. The molecule has 0 radical (unpaired) electrons. The molecule has 0 aliphatic heterocycles. The predicted molar refractivity (Wildman–Crippen MR) is 103 cm³/mol. The van der Waals surface area contributed by atoms with E-state index in [2.05, 4.69) is 20.9 Å². The number of carbonyl (C=O) groups is 1. The largest absolute Gasteiger partial charge is 0.348 e. The molecule has 0 fully saturated rings. The van der Waals surface area contributed by atoms with Crippen molar-refractivity contribution in [3.8, 4) is 0 Å². The molecule has 1 heterocycles. The molecule has 0 saturated carbocycles. The van der Waals surface area contributed by atoms with Crippen LogP contribution in [-0.4, -0.2) is 10.8 Å². The lowest BCUT2D eigenvalue weighted by atomic mass is 10.1. The second-order valence-corrected chi connectivity index (χ2v) is 8.20. The highest BCUT2D eigenvalue weighted by Crippen LogP contribution is 2.26. The molecule has 1 aliphatic carbocycles. The SMILES string of the molecule is CC(=O)c1c(SCc2ccc(F)cc2F)[nH]c2c(c1=O)=C(Cl)CCC=2Br. The van der Waals surface area contributed by atoms with E-state index in [9.17, 15) is 18.4 Å². The molecule has 0 saturated heterocycles. The zero-order valence-corrected chi connectivity index (χ0v) is 16.7. The fourth-order valence-corrected chi connectivity index (χ4v) is 4.59. The summed E-state index contributed by atoms with van der Waals surface area (Å²) in [5.41, 5.74) is -0.163. The first kappa shape index (κ1) is 19.3. The van der Waals surface area contributed by atoms with Gasteiger partial charge in [-0.15, -0.1) is 11.8 Å². The van der Waals surface area contributed by atoms with Crippen LogP contribution < -0.4 is 16.0 Å². The lowest BCUT2D eigenvalue weighted by molar-refractivity contribution is 0.101. The number of fused-ring (bicyclic) bond motifs is 1. The third-order valence-electron chi connectivity index (χ3n) is 4.02. The number of benzene rings is 1. The molecule has 0 atom stereocenters. The minimum Gasteiger partial charge on any atom is -0.348 e. The van der Waals surface area contributed by atoms with E-state index in [1.165, 1.54) is 19.1 Å². The van der Waals surface area contributed by atoms with E-state index in [0.717, 1.165) is 22.3 Å². The Kier molecular flexibility index (Phi) is 5.69. The number of rotatable bonds is 4. The number of aromatic nitrogens is 1. The normalized spacial score (nSPS) is 13.7. The van der Waals surface area contributed by atoms with Crippen LogP contribution >= 0.6 is 39.3 Å². The first-order chi connectivity index (χ1) is 12.3. The van der Waals surface area contributed by atoms with E-state index < -0.39 is 22.8 Å². The third kappa shape index (κ3) is 3.66. The van der Waals surface area contributed by atoms with Crippen LogP contribution in [0.25, 0.3) is 9.51 Å². The second-order valence-electron chi connectivity index (χ2n) is 5.80. The summed E-state index contributed by atoms with van der Waals surface area (Å²) in [6.07, 6.45) is 1.15. The number of carbonyl (C=O) groups excluding carboxylic acids is 1. The second kappa shape index (κ2) is 7.66.